The highest BCUT2D eigenvalue weighted by Gasteiger charge is 2.25. The number of carbonyl (C=O) groups excluding carboxylic acids is 2. The molecule has 2 amide bonds. The Kier molecular flexibility index (Phi) is 5.27. The number of halogens is 1. The van der Waals surface area contributed by atoms with Gasteiger partial charge in [-0.05, 0) is 18.2 Å². The monoisotopic (exact) mass is 413 g/mol. The van der Waals surface area contributed by atoms with E-state index in [1.54, 1.807) is 23.1 Å². The molecule has 28 heavy (non-hydrogen) atoms. The van der Waals surface area contributed by atoms with Crippen molar-refractivity contribution in [1.82, 2.24) is 4.98 Å². The van der Waals surface area contributed by atoms with Crippen LogP contribution in [0.4, 0.5) is 10.8 Å². The first-order valence-corrected chi connectivity index (χ1v) is 9.90. The van der Waals surface area contributed by atoms with Crippen molar-refractivity contribution < 1.29 is 14.3 Å². The molecule has 2 aromatic carbocycles. The first-order chi connectivity index (χ1) is 13.6. The molecule has 0 unspecified atom stereocenters. The molecule has 2 heterocycles. The number of aromatic nitrogens is 1. The first kappa shape index (κ1) is 18.5. The second-order valence-corrected chi connectivity index (χ2v) is 7.38. The van der Waals surface area contributed by atoms with E-state index in [9.17, 15) is 9.59 Å². The van der Waals surface area contributed by atoms with Gasteiger partial charge in [0.05, 0.1) is 11.4 Å². The van der Waals surface area contributed by atoms with Crippen LogP contribution in [0.1, 0.15) is 6.42 Å². The van der Waals surface area contributed by atoms with E-state index in [0.29, 0.717) is 27.3 Å². The van der Waals surface area contributed by atoms with E-state index in [4.69, 9.17) is 16.3 Å². The third-order valence-corrected chi connectivity index (χ3v) is 5.36. The maximum absolute atomic E-state index is 12.3. The van der Waals surface area contributed by atoms with Gasteiger partial charge in [0, 0.05) is 28.9 Å². The third-order valence-electron chi connectivity index (χ3n) is 4.27. The number of amides is 2. The molecule has 0 spiro atoms. The highest BCUT2D eigenvalue weighted by molar-refractivity contribution is 7.14. The summed E-state index contributed by atoms with van der Waals surface area (Å²) in [5.41, 5.74) is 2.21. The number of para-hydroxylation sites is 2. The predicted octanol–water partition coefficient (Wildman–Crippen LogP) is 4.22. The highest BCUT2D eigenvalue weighted by Crippen LogP contribution is 2.32. The standard InChI is InChI=1S/C20H16ClN3O3S/c21-14-6-2-1-5-13(14)15-12-28-20(22-15)23-18(25)9-10-24-16-7-3-4-8-17(16)27-11-19(24)26/h1-8,12H,9-11H2,(H,22,23,25). The lowest BCUT2D eigenvalue weighted by Gasteiger charge is -2.29. The Bertz CT molecular complexity index is 1040. The number of anilines is 2. The van der Waals surface area contributed by atoms with E-state index in [2.05, 4.69) is 10.3 Å². The lowest BCUT2D eigenvalue weighted by molar-refractivity contribution is -0.121. The third kappa shape index (κ3) is 3.85. The zero-order chi connectivity index (χ0) is 19.5. The summed E-state index contributed by atoms with van der Waals surface area (Å²) in [4.78, 5) is 30.5. The van der Waals surface area contributed by atoms with E-state index < -0.39 is 0 Å². The quantitative estimate of drug-likeness (QED) is 0.679. The number of thiazole rings is 1. The topological polar surface area (TPSA) is 71.5 Å². The van der Waals surface area contributed by atoms with Crippen LogP contribution in [0.25, 0.3) is 11.3 Å². The van der Waals surface area contributed by atoms with Crippen molar-refractivity contribution in [2.24, 2.45) is 0 Å². The van der Waals surface area contributed by atoms with Crippen LogP contribution in [0.2, 0.25) is 5.02 Å². The van der Waals surface area contributed by atoms with Crippen molar-refractivity contribution in [2.45, 2.75) is 6.42 Å². The zero-order valence-corrected chi connectivity index (χ0v) is 16.3. The lowest BCUT2D eigenvalue weighted by Crippen LogP contribution is -2.40. The maximum atomic E-state index is 12.3. The van der Waals surface area contributed by atoms with E-state index in [0.717, 1.165) is 5.56 Å². The Labute approximate surface area is 170 Å². The summed E-state index contributed by atoms with van der Waals surface area (Å²) < 4.78 is 5.41. The van der Waals surface area contributed by atoms with E-state index in [1.807, 2.05) is 35.7 Å². The molecule has 0 saturated carbocycles. The zero-order valence-electron chi connectivity index (χ0n) is 14.7. The number of ether oxygens (including phenoxy) is 1. The van der Waals surface area contributed by atoms with Gasteiger partial charge in [-0.15, -0.1) is 11.3 Å². The van der Waals surface area contributed by atoms with Gasteiger partial charge in [-0.3, -0.25) is 9.59 Å². The number of hydrogen-bond donors (Lipinski definition) is 1. The van der Waals surface area contributed by atoms with Gasteiger partial charge in [0.25, 0.3) is 5.91 Å². The Balaban J connectivity index is 1.39. The van der Waals surface area contributed by atoms with Crippen LogP contribution >= 0.6 is 22.9 Å². The number of hydrogen-bond acceptors (Lipinski definition) is 5. The SMILES string of the molecule is O=C(CCN1C(=O)COc2ccccc21)Nc1nc(-c2ccccc2Cl)cs1. The van der Waals surface area contributed by atoms with Crippen molar-refractivity contribution in [2.75, 3.05) is 23.4 Å². The van der Waals surface area contributed by atoms with Crippen LogP contribution in [-0.2, 0) is 9.59 Å². The molecule has 8 heteroatoms. The van der Waals surface area contributed by atoms with Gasteiger partial charge < -0.3 is 15.0 Å². The maximum Gasteiger partial charge on any atom is 0.265 e. The lowest BCUT2D eigenvalue weighted by atomic mass is 10.2. The normalized spacial score (nSPS) is 13.0. The summed E-state index contributed by atoms with van der Waals surface area (Å²) in [5, 5.41) is 5.73. The molecule has 0 bridgehead atoms. The molecule has 0 radical (unpaired) electrons. The molecule has 1 aromatic heterocycles. The Morgan fingerprint density at radius 1 is 1.21 bits per heavy atom. The van der Waals surface area contributed by atoms with Crippen LogP contribution in [-0.4, -0.2) is 29.9 Å². The minimum atomic E-state index is -0.211. The second-order valence-electron chi connectivity index (χ2n) is 6.12. The molecule has 0 fully saturated rings. The average molecular weight is 414 g/mol. The molecular formula is C20H16ClN3O3S. The number of nitrogens with one attached hydrogen (secondary N) is 1. The van der Waals surface area contributed by atoms with Crippen LogP contribution in [0, 0.1) is 0 Å². The van der Waals surface area contributed by atoms with Crippen LogP contribution in [0.5, 0.6) is 5.75 Å². The molecule has 6 nitrogen and oxygen atoms in total. The molecule has 4 rings (SSSR count). The van der Waals surface area contributed by atoms with E-state index >= 15 is 0 Å². The van der Waals surface area contributed by atoms with Gasteiger partial charge in [-0.25, -0.2) is 4.98 Å². The summed E-state index contributed by atoms with van der Waals surface area (Å²) in [5.74, 6) is 0.269. The number of carbonyl (C=O) groups is 2. The Morgan fingerprint density at radius 2 is 2.00 bits per heavy atom. The Hall–Kier alpha value is -2.90. The van der Waals surface area contributed by atoms with E-state index in [1.165, 1.54) is 11.3 Å². The van der Waals surface area contributed by atoms with Crippen molar-refractivity contribution in [1.29, 1.82) is 0 Å². The number of nitrogens with zero attached hydrogens (tertiary/aromatic N) is 2. The molecule has 142 valence electrons. The summed E-state index contributed by atoms with van der Waals surface area (Å²) >= 11 is 7.52. The second kappa shape index (κ2) is 8.00. The fourth-order valence-electron chi connectivity index (χ4n) is 2.92. The fourth-order valence-corrected chi connectivity index (χ4v) is 3.88. The summed E-state index contributed by atoms with van der Waals surface area (Å²) in [7, 11) is 0. The summed E-state index contributed by atoms with van der Waals surface area (Å²) in [6, 6.07) is 14.7. The van der Waals surface area contributed by atoms with Gasteiger partial charge in [-0.2, -0.15) is 0 Å². The molecule has 0 saturated heterocycles. The highest BCUT2D eigenvalue weighted by atomic mass is 35.5. The Morgan fingerprint density at radius 3 is 2.86 bits per heavy atom. The van der Waals surface area contributed by atoms with Gasteiger partial charge in [0.2, 0.25) is 5.91 Å². The molecule has 0 aliphatic carbocycles. The average Bonchev–Trinajstić information content (AvgIpc) is 3.15. The van der Waals surface area contributed by atoms with Gasteiger partial charge in [0.1, 0.15) is 5.75 Å². The minimum absolute atomic E-state index is 0.0215. The number of fused-ring (bicyclic) bond motifs is 1. The first-order valence-electron chi connectivity index (χ1n) is 8.64. The predicted molar refractivity (Wildman–Crippen MR) is 110 cm³/mol. The van der Waals surface area contributed by atoms with Crippen molar-refractivity contribution in [3.05, 3.63) is 58.9 Å². The van der Waals surface area contributed by atoms with Crippen LogP contribution in [0.3, 0.4) is 0 Å². The number of benzene rings is 2. The molecule has 1 N–H and O–H groups in total. The van der Waals surface area contributed by atoms with Gasteiger partial charge in [0.15, 0.2) is 11.7 Å². The summed E-state index contributed by atoms with van der Waals surface area (Å²) in [6.45, 7) is 0.250. The fraction of sp³-hybridized carbons (Fsp3) is 0.150. The smallest absolute Gasteiger partial charge is 0.265 e. The largest absolute Gasteiger partial charge is 0.482 e. The van der Waals surface area contributed by atoms with Gasteiger partial charge in [-0.1, -0.05) is 41.9 Å². The molecule has 1 aliphatic heterocycles. The van der Waals surface area contributed by atoms with Crippen LogP contribution < -0.4 is 15.0 Å². The number of rotatable bonds is 5. The molecule has 3 aromatic rings. The minimum Gasteiger partial charge on any atom is -0.482 e. The van der Waals surface area contributed by atoms with Crippen LogP contribution in [0.15, 0.2) is 53.9 Å². The van der Waals surface area contributed by atoms with E-state index in [-0.39, 0.29) is 31.4 Å². The molecule has 1 aliphatic rings. The van der Waals surface area contributed by atoms with Crippen molar-refractivity contribution in [3.63, 3.8) is 0 Å². The summed E-state index contributed by atoms with van der Waals surface area (Å²) in [6.07, 6.45) is 0.154. The van der Waals surface area contributed by atoms with Gasteiger partial charge >= 0.3 is 0 Å². The molecular weight excluding hydrogens is 398 g/mol. The van der Waals surface area contributed by atoms with Crippen molar-refractivity contribution >= 4 is 45.6 Å². The van der Waals surface area contributed by atoms with Crippen molar-refractivity contribution in [3.8, 4) is 17.0 Å². The molecule has 0 atom stereocenters.